The molecule has 20 heavy (non-hydrogen) atoms. The molecule has 0 saturated heterocycles. The van der Waals surface area contributed by atoms with Gasteiger partial charge in [-0.15, -0.1) is 0 Å². The third-order valence-corrected chi connectivity index (χ3v) is 4.27. The number of rotatable bonds is 7. The number of furan rings is 1. The molecule has 0 radical (unpaired) electrons. The predicted octanol–water partition coefficient (Wildman–Crippen LogP) is 4.89. The van der Waals surface area contributed by atoms with Crippen LogP contribution in [-0.2, 0) is 12.8 Å². The van der Waals surface area contributed by atoms with Crippen molar-refractivity contribution in [3.8, 4) is 0 Å². The summed E-state index contributed by atoms with van der Waals surface area (Å²) in [6.07, 6.45) is 4.83. The molecule has 0 spiro atoms. The fourth-order valence-electron chi connectivity index (χ4n) is 2.44. The van der Waals surface area contributed by atoms with Gasteiger partial charge in [0.2, 0.25) is 0 Å². The highest BCUT2D eigenvalue weighted by atomic mass is 79.9. The number of halogens is 1. The van der Waals surface area contributed by atoms with E-state index >= 15 is 0 Å². The van der Waals surface area contributed by atoms with Crippen LogP contribution in [0.3, 0.4) is 0 Å². The van der Waals surface area contributed by atoms with Crippen LogP contribution in [0.4, 0.5) is 0 Å². The molecule has 2 aromatic rings. The molecular weight excluding hydrogens is 314 g/mol. The maximum atomic E-state index is 5.59. The molecule has 0 saturated carbocycles. The van der Waals surface area contributed by atoms with Gasteiger partial charge in [0.15, 0.2) is 0 Å². The van der Waals surface area contributed by atoms with Crippen molar-refractivity contribution in [2.75, 3.05) is 6.54 Å². The van der Waals surface area contributed by atoms with E-state index in [4.69, 9.17) is 4.42 Å². The van der Waals surface area contributed by atoms with E-state index < -0.39 is 0 Å². The normalized spacial score (nSPS) is 12.6. The van der Waals surface area contributed by atoms with E-state index in [9.17, 15) is 0 Å². The summed E-state index contributed by atoms with van der Waals surface area (Å²) in [7, 11) is 0. The summed E-state index contributed by atoms with van der Waals surface area (Å²) in [6.45, 7) is 5.35. The Hall–Kier alpha value is -1.06. The topological polar surface area (TPSA) is 25.2 Å². The van der Waals surface area contributed by atoms with Crippen molar-refractivity contribution in [2.24, 2.45) is 0 Å². The van der Waals surface area contributed by atoms with Gasteiger partial charge in [-0.1, -0.05) is 48.0 Å². The summed E-state index contributed by atoms with van der Waals surface area (Å²) >= 11 is 3.64. The van der Waals surface area contributed by atoms with E-state index in [0.717, 1.165) is 31.6 Å². The second kappa shape index (κ2) is 7.65. The summed E-state index contributed by atoms with van der Waals surface area (Å²) < 4.78 is 6.76. The summed E-state index contributed by atoms with van der Waals surface area (Å²) in [4.78, 5) is 0. The number of nitrogens with one attached hydrogen (secondary N) is 1. The first kappa shape index (κ1) is 15.3. The van der Waals surface area contributed by atoms with E-state index in [-0.39, 0.29) is 0 Å². The highest BCUT2D eigenvalue weighted by Crippen LogP contribution is 2.27. The Labute approximate surface area is 129 Å². The lowest BCUT2D eigenvalue weighted by molar-refractivity contribution is 0.481. The Kier molecular flexibility index (Phi) is 5.86. The highest BCUT2D eigenvalue weighted by Gasteiger charge is 2.17. The van der Waals surface area contributed by atoms with Crippen LogP contribution in [0.15, 0.2) is 45.5 Å². The van der Waals surface area contributed by atoms with Gasteiger partial charge in [0.1, 0.15) is 5.76 Å². The van der Waals surface area contributed by atoms with Crippen LogP contribution < -0.4 is 5.32 Å². The van der Waals surface area contributed by atoms with Crippen LogP contribution in [0.5, 0.6) is 0 Å². The minimum atomic E-state index is 0.308. The molecule has 0 bridgehead atoms. The van der Waals surface area contributed by atoms with Crippen LogP contribution in [0, 0.1) is 0 Å². The lowest BCUT2D eigenvalue weighted by atomic mass is 9.98. The number of benzene rings is 1. The van der Waals surface area contributed by atoms with Gasteiger partial charge in [0, 0.05) is 22.5 Å². The Bertz CT molecular complexity index is 535. The molecule has 1 unspecified atom stereocenters. The second-order valence-electron chi connectivity index (χ2n) is 4.95. The fraction of sp³-hybridized carbons (Fsp3) is 0.412. The fourth-order valence-corrected chi connectivity index (χ4v) is 2.89. The molecule has 108 valence electrons. The van der Waals surface area contributed by atoms with Gasteiger partial charge in [-0.05, 0) is 37.1 Å². The van der Waals surface area contributed by atoms with Crippen molar-refractivity contribution < 1.29 is 4.42 Å². The van der Waals surface area contributed by atoms with Crippen LogP contribution >= 0.6 is 15.9 Å². The summed E-state index contributed by atoms with van der Waals surface area (Å²) in [5.74, 6) is 1.09. The Balaban J connectivity index is 2.22. The highest BCUT2D eigenvalue weighted by molar-refractivity contribution is 9.10. The largest absolute Gasteiger partial charge is 0.469 e. The summed E-state index contributed by atoms with van der Waals surface area (Å²) in [6, 6.07) is 10.8. The Morgan fingerprint density at radius 2 is 2.00 bits per heavy atom. The standard InChI is InChI=1S/C17H22BrNO/c1-3-10-19-16(14-9-11-20-17(14)4-2)12-13-7-5-6-8-15(13)18/h5-9,11,16,19H,3-4,10,12H2,1-2H3. The van der Waals surface area contributed by atoms with Gasteiger partial charge in [-0.25, -0.2) is 0 Å². The lowest BCUT2D eigenvalue weighted by Crippen LogP contribution is -2.24. The van der Waals surface area contributed by atoms with Crippen LogP contribution in [0.1, 0.15) is 43.2 Å². The molecule has 1 atom stereocenters. The summed E-state index contributed by atoms with van der Waals surface area (Å²) in [5, 5.41) is 3.64. The van der Waals surface area contributed by atoms with Gasteiger partial charge in [0.05, 0.1) is 6.26 Å². The minimum absolute atomic E-state index is 0.308. The van der Waals surface area contributed by atoms with Gasteiger partial charge in [-0.2, -0.15) is 0 Å². The predicted molar refractivity (Wildman–Crippen MR) is 87.0 cm³/mol. The van der Waals surface area contributed by atoms with Gasteiger partial charge < -0.3 is 9.73 Å². The lowest BCUT2D eigenvalue weighted by Gasteiger charge is -2.19. The maximum Gasteiger partial charge on any atom is 0.108 e. The smallest absolute Gasteiger partial charge is 0.108 e. The molecule has 3 heteroatoms. The van der Waals surface area contributed by atoms with E-state index in [1.54, 1.807) is 6.26 Å². The van der Waals surface area contributed by atoms with Gasteiger partial charge in [0.25, 0.3) is 0 Å². The molecule has 2 rings (SSSR count). The molecule has 1 aromatic carbocycles. The molecule has 2 nitrogen and oxygen atoms in total. The van der Waals surface area contributed by atoms with Crippen molar-refractivity contribution in [3.05, 3.63) is 58.0 Å². The van der Waals surface area contributed by atoms with Crippen molar-refractivity contribution in [1.82, 2.24) is 5.32 Å². The molecular formula is C17H22BrNO. The monoisotopic (exact) mass is 335 g/mol. The number of hydrogen-bond donors (Lipinski definition) is 1. The van der Waals surface area contributed by atoms with Gasteiger partial charge in [-0.3, -0.25) is 0 Å². The summed E-state index contributed by atoms with van der Waals surface area (Å²) in [5.41, 5.74) is 2.61. The van der Waals surface area contributed by atoms with Gasteiger partial charge >= 0.3 is 0 Å². The zero-order valence-corrected chi connectivity index (χ0v) is 13.7. The van der Waals surface area contributed by atoms with Crippen molar-refractivity contribution >= 4 is 15.9 Å². The van der Waals surface area contributed by atoms with Crippen molar-refractivity contribution in [2.45, 2.75) is 39.2 Å². The molecule has 0 fully saturated rings. The first-order valence-corrected chi connectivity index (χ1v) is 8.08. The van der Waals surface area contributed by atoms with Crippen LogP contribution in [-0.4, -0.2) is 6.54 Å². The first-order valence-electron chi connectivity index (χ1n) is 7.29. The van der Waals surface area contributed by atoms with E-state index in [1.165, 1.54) is 15.6 Å². The average molecular weight is 336 g/mol. The molecule has 1 heterocycles. The molecule has 1 aromatic heterocycles. The van der Waals surface area contributed by atoms with Crippen molar-refractivity contribution in [1.29, 1.82) is 0 Å². The Morgan fingerprint density at radius 1 is 1.20 bits per heavy atom. The third kappa shape index (κ3) is 3.74. The quantitative estimate of drug-likeness (QED) is 0.779. The van der Waals surface area contributed by atoms with E-state index in [0.29, 0.717) is 6.04 Å². The van der Waals surface area contributed by atoms with Crippen LogP contribution in [0.2, 0.25) is 0 Å². The zero-order valence-electron chi connectivity index (χ0n) is 12.2. The SMILES string of the molecule is CCCNC(Cc1ccccc1Br)c1ccoc1CC. The number of aryl methyl sites for hydroxylation is 1. The Morgan fingerprint density at radius 3 is 2.70 bits per heavy atom. The maximum absolute atomic E-state index is 5.59. The van der Waals surface area contributed by atoms with E-state index in [1.807, 2.05) is 0 Å². The second-order valence-corrected chi connectivity index (χ2v) is 5.81. The third-order valence-electron chi connectivity index (χ3n) is 3.50. The van der Waals surface area contributed by atoms with Crippen molar-refractivity contribution in [3.63, 3.8) is 0 Å². The average Bonchev–Trinajstić information content (AvgIpc) is 2.93. The molecule has 0 amide bonds. The number of hydrogen-bond acceptors (Lipinski definition) is 2. The molecule has 1 N–H and O–H groups in total. The zero-order chi connectivity index (χ0) is 14.4. The first-order chi connectivity index (χ1) is 9.76. The molecule has 0 aliphatic heterocycles. The minimum Gasteiger partial charge on any atom is -0.469 e. The molecule has 0 aliphatic carbocycles. The molecule has 0 aliphatic rings. The van der Waals surface area contributed by atoms with Crippen LogP contribution in [0.25, 0.3) is 0 Å². The van der Waals surface area contributed by atoms with E-state index in [2.05, 4.69) is 65.4 Å².